The maximum atomic E-state index is 12.7. The average Bonchev–Trinajstić information content (AvgIpc) is 2.75. The molecule has 0 radical (unpaired) electrons. The Kier molecular flexibility index (Phi) is 5.67. The molecule has 0 aliphatic carbocycles. The summed E-state index contributed by atoms with van der Waals surface area (Å²) in [5.41, 5.74) is 1.60. The molecule has 0 saturated carbocycles. The lowest BCUT2D eigenvalue weighted by Crippen LogP contribution is -2.05. The van der Waals surface area contributed by atoms with Gasteiger partial charge in [-0.05, 0) is 41.8 Å². The summed E-state index contributed by atoms with van der Waals surface area (Å²) in [6.07, 6.45) is 1.71. The molecule has 4 rings (SSSR count). The van der Waals surface area contributed by atoms with Gasteiger partial charge in [-0.2, -0.15) is 0 Å². The normalized spacial score (nSPS) is 11.9. The van der Waals surface area contributed by atoms with E-state index in [1.165, 1.54) is 18.2 Å². The minimum Gasteiger partial charge on any atom is -0.301 e. The Bertz CT molecular complexity index is 1310. The second-order valence-electron chi connectivity index (χ2n) is 6.32. The summed E-state index contributed by atoms with van der Waals surface area (Å²) < 4.78 is 15.6. The van der Waals surface area contributed by atoms with Gasteiger partial charge in [-0.25, -0.2) is 4.21 Å². The van der Waals surface area contributed by atoms with E-state index in [0.717, 1.165) is 10.8 Å². The molecule has 0 bridgehead atoms. The van der Waals surface area contributed by atoms with Crippen LogP contribution in [0.25, 0.3) is 22.0 Å². The molecule has 0 saturated heterocycles. The number of rotatable bonds is 5. The maximum Gasteiger partial charge on any atom is 0.289 e. The fourth-order valence-corrected chi connectivity index (χ4v) is 4.28. The van der Waals surface area contributed by atoms with Crippen LogP contribution in [0.15, 0.2) is 77.8 Å². The van der Waals surface area contributed by atoms with E-state index < -0.39 is 15.9 Å². The van der Waals surface area contributed by atoms with Gasteiger partial charge in [-0.1, -0.05) is 47.5 Å². The molecule has 30 heavy (non-hydrogen) atoms. The first-order chi connectivity index (χ1) is 14.4. The Morgan fingerprint density at radius 2 is 1.73 bits per heavy atom. The van der Waals surface area contributed by atoms with Gasteiger partial charge in [0.2, 0.25) is 0 Å². The average molecular weight is 458 g/mol. The molecule has 1 heterocycles. The van der Waals surface area contributed by atoms with Crippen LogP contribution in [0.3, 0.4) is 0 Å². The molecule has 4 aromatic rings. The number of nitrogens with one attached hydrogen (secondary N) is 1. The zero-order valence-corrected chi connectivity index (χ0v) is 17.5. The first-order valence-electron chi connectivity index (χ1n) is 8.70. The minimum atomic E-state index is -1.74. The lowest BCUT2D eigenvalue weighted by Gasteiger charge is -2.11. The van der Waals surface area contributed by atoms with Gasteiger partial charge in [0.15, 0.2) is 11.0 Å². The number of nitrogens with zero attached hydrogens (tertiary/aromatic N) is 2. The Morgan fingerprint density at radius 1 is 0.967 bits per heavy atom. The van der Waals surface area contributed by atoms with E-state index in [2.05, 4.69) is 9.71 Å². The lowest BCUT2D eigenvalue weighted by molar-refractivity contribution is -0.384. The predicted molar refractivity (Wildman–Crippen MR) is 120 cm³/mol. The van der Waals surface area contributed by atoms with E-state index in [0.29, 0.717) is 22.0 Å². The number of hydrogen-bond donors (Lipinski definition) is 1. The van der Waals surface area contributed by atoms with Crippen LogP contribution in [-0.2, 0) is 11.0 Å². The monoisotopic (exact) mass is 457 g/mol. The number of nitro groups is 1. The molecular formula is C21H13Cl2N3O3S. The maximum absolute atomic E-state index is 12.7. The largest absolute Gasteiger partial charge is 0.301 e. The molecule has 0 spiro atoms. The highest BCUT2D eigenvalue weighted by atomic mass is 35.5. The number of nitro benzene ring substituents is 1. The molecular weight excluding hydrogens is 445 g/mol. The number of pyridine rings is 1. The van der Waals surface area contributed by atoms with Crippen molar-refractivity contribution in [1.29, 1.82) is 0 Å². The third-order valence-corrected chi connectivity index (χ3v) is 6.19. The van der Waals surface area contributed by atoms with E-state index in [4.69, 9.17) is 23.2 Å². The molecule has 3 aromatic carbocycles. The quantitative estimate of drug-likeness (QED) is 0.283. The van der Waals surface area contributed by atoms with Gasteiger partial charge in [0.05, 0.1) is 20.5 Å². The van der Waals surface area contributed by atoms with Crippen molar-refractivity contribution in [3.05, 3.63) is 93.1 Å². The van der Waals surface area contributed by atoms with Gasteiger partial charge >= 0.3 is 0 Å². The van der Waals surface area contributed by atoms with Crippen molar-refractivity contribution in [3.8, 4) is 11.3 Å². The van der Waals surface area contributed by atoms with E-state index >= 15 is 0 Å². The summed E-state index contributed by atoms with van der Waals surface area (Å²) in [5.74, 6) is 0. The molecule has 1 N–H and O–H groups in total. The molecule has 1 atom stereocenters. The molecule has 150 valence electrons. The summed E-state index contributed by atoms with van der Waals surface area (Å²) in [6.45, 7) is 0. The Morgan fingerprint density at radius 3 is 2.53 bits per heavy atom. The third-order valence-electron chi connectivity index (χ3n) is 4.43. The molecule has 0 aliphatic rings. The van der Waals surface area contributed by atoms with Crippen LogP contribution in [0.4, 0.5) is 11.4 Å². The van der Waals surface area contributed by atoms with Crippen molar-refractivity contribution >= 4 is 56.3 Å². The van der Waals surface area contributed by atoms with Crippen LogP contribution in [-0.4, -0.2) is 14.1 Å². The zero-order chi connectivity index (χ0) is 21.3. The van der Waals surface area contributed by atoms with Gasteiger partial charge < -0.3 is 4.72 Å². The van der Waals surface area contributed by atoms with Crippen LogP contribution in [0.2, 0.25) is 10.0 Å². The van der Waals surface area contributed by atoms with Gasteiger partial charge in [0.25, 0.3) is 5.69 Å². The van der Waals surface area contributed by atoms with Crippen molar-refractivity contribution in [1.82, 2.24) is 4.98 Å². The Hall–Kier alpha value is -3.00. The van der Waals surface area contributed by atoms with Crippen LogP contribution >= 0.6 is 23.2 Å². The summed E-state index contributed by atoms with van der Waals surface area (Å²) in [5, 5.41) is 13.5. The highest BCUT2D eigenvalue weighted by molar-refractivity contribution is 7.86. The molecule has 1 unspecified atom stereocenters. The van der Waals surface area contributed by atoms with E-state index in [1.54, 1.807) is 24.4 Å². The third kappa shape index (κ3) is 4.00. The number of hydrogen-bond acceptors (Lipinski definition) is 4. The van der Waals surface area contributed by atoms with E-state index in [9.17, 15) is 14.3 Å². The smallest absolute Gasteiger partial charge is 0.289 e. The van der Waals surface area contributed by atoms with Gasteiger partial charge in [0, 0.05) is 28.9 Å². The molecule has 6 nitrogen and oxygen atoms in total. The van der Waals surface area contributed by atoms with Crippen molar-refractivity contribution in [2.45, 2.75) is 4.90 Å². The van der Waals surface area contributed by atoms with Crippen molar-refractivity contribution in [3.63, 3.8) is 0 Å². The Balaban J connectivity index is 1.70. The van der Waals surface area contributed by atoms with Gasteiger partial charge in [-0.3, -0.25) is 15.1 Å². The number of aromatic nitrogens is 1. The lowest BCUT2D eigenvalue weighted by atomic mass is 10.0. The molecule has 0 fully saturated rings. The van der Waals surface area contributed by atoms with E-state index in [-0.39, 0.29) is 15.6 Å². The fourth-order valence-electron chi connectivity index (χ4n) is 3.02. The molecule has 1 aromatic heterocycles. The van der Waals surface area contributed by atoms with Crippen molar-refractivity contribution in [2.75, 3.05) is 4.72 Å². The van der Waals surface area contributed by atoms with Crippen LogP contribution in [0.1, 0.15) is 0 Å². The summed E-state index contributed by atoms with van der Waals surface area (Å²) >= 11 is 12.3. The summed E-state index contributed by atoms with van der Waals surface area (Å²) in [6, 6.07) is 18.8. The number of benzene rings is 3. The molecule has 9 heteroatoms. The highest BCUT2D eigenvalue weighted by Gasteiger charge is 2.16. The second-order valence-corrected chi connectivity index (χ2v) is 8.34. The van der Waals surface area contributed by atoms with Crippen LogP contribution in [0, 0.1) is 10.1 Å². The summed E-state index contributed by atoms with van der Waals surface area (Å²) in [4.78, 5) is 15.2. The van der Waals surface area contributed by atoms with Crippen LogP contribution in [0.5, 0.6) is 0 Å². The SMILES string of the molecule is O=[N+]([O-])c1cc(S(=O)Nc2ccc(Cl)c(-c3nccc4ccccc34)c2)ccc1Cl. The Labute approximate surface area is 184 Å². The number of fused-ring (bicyclic) bond motifs is 1. The zero-order valence-electron chi connectivity index (χ0n) is 15.2. The first kappa shape index (κ1) is 20.3. The predicted octanol–water partition coefficient (Wildman–Crippen LogP) is 6.25. The molecule has 0 amide bonds. The molecule has 0 aliphatic heterocycles. The standard InChI is InChI=1S/C21H13Cl2N3O3S/c22-18-7-5-14(25-30(29)15-6-8-19(23)20(12-15)26(27)28)11-17(18)21-16-4-2-1-3-13(16)9-10-24-21/h1-12,25H. The first-order valence-corrected chi connectivity index (χ1v) is 10.6. The van der Waals surface area contributed by atoms with Crippen molar-refractivity contribution < 1.29 is 9.13 Å². The topological polar surface area (TPSA) is 85.1 Å². The number of anilines is 1. The minimum absolute atomic E-state index is 0.0171. The van der Waals surface area contributed by atoms with Gasteiger partial charge in [-0.15, -0.1) is 0 Å². The highest BCUT2D eigenvalue weighted by Crippen LogP contribution is 2.34. The van der Waals surface area contributed by atoms with Crippen molar-refractivity contribution in [2.24, 2.45) is 0 Å². The second kappa shape index (κ2) is 8.39. The number of halogens is 2. The van der Waals surface area contributed by atoms with Crippen LogP contribution < -0.4 is 4.72 Å². The van der Waals surface area contributed by atoms with E-state index in [1.807, 2.05) is 30.3 Å². The summed E-state index contributed by atoms with van der Waals surface area (Å²) in [7, 11) is -1.74. The fraction of sp³-hybridized carbons (Fsp3) is 0. The van der Waals surface area contributed by atoms with Gasteiger partial charge in [0.1, 0.15) is 5.02 Å².